The first-order valence-electron chi connectivity index (χ1n) is 7.97. The Morgan fingerprint density at radius 1 is 1.50 bits per heavy atom. The second kappa shape index (κ2) is 8.13. The summed E-state index contributed by atoms with van der Waals surface area (Å²) in [4.78, 5) is 14.3. The van der Waals surface area contributed by atoms with Crippen molar-refractivity contribution in [3.8, 4) is 5.75 Å². The van der Waals surface area contributed by atoms with Gasteiger partial charge in [0.25, 0.3) is 0 Å². The molecule has 0 aromatic heterocycles. The van der Waals surface area contributed by atoms with Crippen LogP contribution in [0.4, 0.5) is 4.39 Å². The SMILES string of the molecule is CCN1CCC[C@@H]1CNC(=O)CCc1cccc(OC)c1F. The third kappa shape index (κ3) is 4.19. The number of halogens is 1. The lowest BCUT2D eigenvalue weighted by Crippen LogP contribution is -2.40. The fourth-order valence-corrected chi connectivity index (χ4v) is 3.02. The predicted octanol–water partition coefficient (Wildman–Crippen LogP) is 2.37. The van der Waals surface area contributed by atoms with Crippen LogP contribution in [0.5, 0.6) is 5.75 Å². The van der Waals surface area contributed by atoms with Crippen molar-refractivity contribution >= 4 is 5.91 Å². The van der Waals surface area contributed by atoms with Crippen molar-refractivity contribution in [2.45, 2.75) is 38.6 Å². The average Bonchev–Trinajstić information content (AvgIpc) is 2.99. The minimum Gasteiger partial charge on any atom is -0.494 e. The Labute approximate surface area is 131 Å². The summed E-state index contributed by atoms with van der Waals surface area (Å²) < 4.78 is 18.9. The van der Waals surface area contributed by atoms with Crippen molar-refractivity contribution in [2.75, 3.05) is 26.7 Å². The van der Waals surface area contributed by atoms with Gasteiger partial charge >= 0.3 is 0 Å². The van der Waals surface area contributed by atoms with Gasteiger partial charge in [0.1, 0.15) is 0 Å². The first kappa shape index (κ1) is 16.7. The van der Waals surface area contributed by atoms with E-state index in [0.717, 1.165) is 19.5 Å². The molecule has 0 radical (unpaired) electrons. The highest BCUT2D eigenvalue weighted by atomic mass is 19.1. The van der Waals surface area contributed by atoms with Gasteiger partial charge in [-0.15, -0.1) is 0 Å². The number of likely N-dealkylation sites (tertiary alicyclic amines) is 1. The van der Waals surface area contributed by atoms with Crippen molar-refractivity contribution in [2.24, 2.45) is 0 Å². The van der Waals surface area contributed by atoms with Crippen LogP contribution in [0.15, 0.2) is 18.2 Å². The second-order valence-corrected chi connectivity index (χ2v) is 5.66. The van der Waals surface area contributed by atoms with Gasteiger partial charge in [0, 0.05) is 19.0 Å². The van der Waals surface area contributed by atoms with Gasteiger partial charge in [-0.05, 0) is 44.0 Å². The molecule has 2 rings (SSSR count). The Kier molecular flexibility index (Phi) is 6.19. The average molecular weight is 308 g/mol. The molecule has 1 aromatic carbocycles. The molecule has 22 heavy (non-hydrogen) atoms. The van der Waals surface area contributed by atoms with E-state index in [2.05, 4.69) is 17.1 Å². The van der Waals surface area contributed by atoms with Crippen molar-refractivity contribution in [3.05, 3.63) is 29.6 Å². The monoisotopic (exact) mass is 308 g/mol. The Balaban J connectivity index is 1.78. The van der Waals surface area contributed by atoms with Gasteiger partial charge in [-0.25, -0.2) is 4.39 Å². The van der Waals surface area contributed by atoms with Crippen LogP contribution < -0.4 is 10.1 Å². The fraction of sp³-hybridized carbons (Fsp3) is 0.588. The number of hydrogen-bond acceptors (Lipinski definition) is 3. The number of nitrogens with one attached hydrogen (secondary N) is 1. The zero-order valence-electron chi connectivity index (χ0n) is 13.4. The topological polar surface area (TPSA) is 41.6 Å². The van der Waals surface area contributed by atoms with Crippen LogP contribution in [-0.4, -0.2) is 43.6 Å². The van der Waals surface area contributed by atoms with Crippen molar-refractivity contribution in [1.29, 1.82) is 0 Å². The molecule has 4 nitrogen and oxygen atoms in total. The third-order valence-corrected chi connectivity index (χ3v) is 4.32. The lowest BCUT2D eigenvalue weighted by Gasteiger charge is -2.22. The molecule has 1 aromatic rings. The maximum atomic E-state index is 14.0. The number of nitrogens with zero attached hydrogens (tertiary/aromatic N) is 1. The van der Waals surface area contributed by atoms with Crippen LogP contribution >= 0.6 is 0 Å². The zero-order valence-corrected chi connectivity index (χ0v) is 13.4. The lowest BCUT2D eigenvalue weighted by atomic mass is 10.1. The number of ether oxygens (including phenoxy) is 1. The molecule has 1 aliphatic heterocycles. The number of hydrogen-bond donors (Lipinski definition) is 1. The molecule has 1 heterocycles. The first-order valence-corrected chi connectivity index (χ1v) is 7.97. The molecule has 1 aliphatic rings. The Morgan fingerprint density at radius 2 is 2.32 bits per heavy atom. The summed E-state index contributed by atoms with van der Waals surface area (Å²) in [6, 6.07) is 5.47. The van der Waals surface area contributed by atoms with E-state index in [1.54, 1.807) is 18.2 Å². The number of amides is 1. The molecule has 5 heteroatoms. The van der Waals surface area contributed by atoms with E-state index in [4.69, 9.17) is 4.74 Å². The lowest BCUT2D eigenvalue weighted by molar-refractivity contribution is -0.121. The van der Waals surface area contributed by atoms with Gasteiger partial charge in [-0.3, -0.25) is 9.69 Å². The quantitative estimate of drug-likeness (QED) is 0.841. The van der Waals surface area contributed by atoms with Gasteiger partial charge in [-0.1, -0.05) is 19.1 Å². The number of likely N-dealkylation sites (N-methyl/N-ethyl adjacent to an activating group) is 1. The van der Waals surface area contributed by atoms with E-state index in [-0.39, 0.29) is 17.5 Å². The summed E-state index contributed by atoms with van der Waals surface area (Å²) in [6.45, 7) is 4.97. The van der Waals surface area contributed by atoms with Crippen LogP contribution in [0.25, 0.3) is 0 Å². The Bertz CT molecular complexity index is 507. The van der Waals surface area contributed by atoms with Crippen molar-refractivity contribution in [1.82, 2.24) is 10.2 Å². The summed E-state index contributed by atoms with van der Waals surface area (Å²) in [5, 5.41) is 2.97. The van der Waals surface area contributed by atoms with E-state index in [9.17, 15) is 9.18 Å². The Hall–Kier alpha value is -1.62. The fourth-order valence-electron chi connectivity index (χ4n) is 3.02. The first-order chi connectivity index (χ1) is 10.7. The summed E-state index contributed by atoms with van der Waals surface area (Å²) in [7, 11) is 1.44. The second-order valence-electron chi connectivity index (χ2n) is 5.66. The summed E-state index contributed by atoms with van der Waals surface area (Å²) in [6.07, 6.45) is 3.02. The summed E-state index contributed by atoms with van der Waals surface area (Å²) >= 11 is 0. The molecule has 0 aliphatic carbocycles. The van der Waals surface area contributed by atoms with Gasteiger partial charge in [0.15, 0.2) is 11.6 Å². The molecule has 1 saturated heterocycles. The van der Waals surface area contributed by atoms with Gasteiger partial charge in [-0.2, -0.15) is 0 Å². The van der Waals surface area contributed by atoms with Crippen LogP contribution in [0.1, 0.15) is 31.7 Å². The van der Waals surface area contributed by atoms with Gasteiger partial charge in [0.2, 0.25) is 5.91 Å². The van der Waals surface area contributed by atoms with Crippen LogP contribution in [-0.2, 0) is 11.2 Å². The maximum absolute atomic E-state index is 14.0. The normalized spacial score (nSPS) is 18.4. The molecule has 1 fully saturated rings. The van der Waals surface area contributed by atoms with Crippen LogP contribution in [0, 0.1) is 5.82 Å². The number of methoxy groups -OCH3 is 1. The van der Waals surface area contributed by atoms with E-state index in [1.807, 2.05) is 0 Å². The van der Waals surface area contributed by atoms with E-state index >= 15 is 0 Å². The van der Waals surface area contributed by atoms with E-state index in [0.29, 0.717) is 31.0 Å². The van der Waals surface area contributed by atoms with E-state index in [1.165, 1.54) is 13.5 Å². The largest absolute Gasteiger partial charge is 0.494 e. The molecular weight excluding hydrogens is 283 g/mol. The molecule has 1 atom stereocenters. The molecule has 1 N–H and O–H groups in total. The van der Waals surface area contributed by atoms with Crippen LogP contribution in [0.3, 0.4) is 0 Å². The van der Waals surface area contributed by atoms with Crippen LogP contribution in [0.2, 0.25) is 0 Å². The standard InChI is InChI=1S/C17H25FN2O2/c1-3-20-11-5-7-14(20)12-19-16(21)10-9-13-6-4-8-15(22-2)17(13)18/h4,6,8,14H,3,5,7,9-12H2,1-2H3,(H,19,21)/t14-/m1/s1. The summed E-state index contributed by atoms with van der Waals surface area (Å²) in [5.41, 5.74) is 0.519. The summed E-state index contributed by atoms with van der Waals surface area (Å²) in [5.74, 6) is -0.168. The zero-order chi connectivity index (χ0) is 15.9. The van der Waals surface area contributed by atoms with Gasteiger partial charge in [0.05, 0.1) is 7.11 Å². The third-order valence-electron chi connectivity index (χ3n) is 4.32. The number of rotatable bonds is 7. The molecule has 0 bridgehead atoms. The number of aryl methyl sites for hydroxylation is 1. The number of benzene rings is 1. The van der Waals surface area contributed by atoms with Crippen molar-refractivity contribution in [3.63, 3.8) is 0 Å². The highest BCUT2D eigenvalue weighted by Gasteiger charge is 2.23. The molecule has 0 saturated carbocycles. The maximum Gasteiger partial charge on any atom is 0.220 e. The van der Waals surface area contributed by atoms with E-state index < -0.39 is 0 Å². The predicted molar refractivity (Wildman–Crippen MR) is 84.6 cm³/mol. The smallest absolute Gasteiger partial charge is 0.220 e. The minimum absolute atomic E-state index is 0.0230. The molecule has 1 amide bonds. The highest BCUT2D eigenvalue weighted by molar-refractivity contribution is 5.76. The van der Waals surface area contributed by atoms with Gasteiger partial charge < -0.3 is 10.1 Å². The molecular formula is C17H25FN2O2. The number of carbonyl (C=O) groups is 1. The Morgan fingerprint density at radius 3 is 3.05 bits per heavy atom. The molecule has 122 valence electrons. The molecule has 0 spiro atoms. The highest BCUT2D eigenvalue weighted by Crippen LogP contribution is 2.21. The van der Waals surface area contributed by atoms with Crippen molar-refractivity contribution < 1.29 is 13.9 Å². The minimum atomic E-state index is -0.370. The number of carbonyl (C=O) groups excluding carboxylic acids is 1. The molecule has 0 unspecified atom stereocenters.